The average molecular weight is 410 g/mol. The molecule has 0 saturated carbocycles. The van der Waals surface area contributed by atoms with Crippen LogP contribution in [-0.4, -0.2) is 17.6 Å². The molecule has 0 radical (unpaired) electrons. The van der Waals surface area contributed by atoms with Gasteiger partial charge in [0.1, 0.15) is 17.6 Å². The topological polar surface area (TPSA) is 69.7 Å². The summed E-state index contributed by atoms with van der Waals surface area (Å²) >= 11 is 1.18. The van der Waals surface area contributed by atoms with Gasteiger partial charge in [-0.3, -0.25) is 0 Å². The number of amides is 1. The van der Waals surface area contributed by atoms with Crippen LogP contribution in [0.25, 0.3) is 0 Å². The first kappa shape index (κ1) is 19.3. The van der Waals surface area contributed by atoms with E-state index < -0.39 is 6.09 Å². The smallest absolute Gasteiger partial charge is 0.413 e. The Morgan fingerprint density at radius 3 is 2.97 bits per heavy atom. The summed E-state index contributed by atoms with van der Waals surface area (Å²) in [7, 11) is 0. The highest BCUT2D eigenvalue weighted by Crippen LogP contribution is 2.38. The molecule has 1 unspecified atom stereocenters. The number of aromatic nitrogens is 1. The lowest BCUT2D eigenvalue weighted by atomic mass is 9.97. The Hall–Kier alpha value is -3.06. The van der Waals surface area contributed by atoms with Crippen molar-refractivity contribution in [3.63, 3.8) is 0 Å². The predicted octanol–water partition coefficient (Wildman–Crippen LogP) is 5.50. The van der Waals surface area contributed by atoms with Crippen LogP contribution in [0.4, 0.5) is 4.79 Å². The lowest BCUT2D eigenvalue weighted by Crippen LogP contribution is -2.26. The van der Waals surface area contributed by atoms with Gasteiger partial charge in [-0.15, -0.1) is 0 Å². The molecule has 2 aromatic carbocycles. The third-order valence-corrected chi connectivity index (χ3v) is 5.28. The monoisotopic (exact) mass is 410 g/mol. The predicted molar refractivity (Wildman–Crippen MR) is 111 cm³/mol. The maximum Gasteiger partial charge on any atom is 0.413 e. The highest BCUT2D eigenvalue weighted by atomic mass is 32.1. The number of benzene rings is 2. The summed E-state index contributed by atoms with van der Waals surface area (Å²) in [5.41, 5.74) is 2.30. The van der Waals surface area contributed by atoms with Gasteiger partial charge >= 0.3 is 6.09 Å². The highest BCUT2D eigenvalue weighted by molar-refractivity contribution is 7.15. The average Bonchev–Trinajstić information content (AvgIpc) is 3.19. The van der Waals surface area contributed by atoms with Gasteiger partial charge in [-0.2, -0.15) is 0 Å². The van der Waals surface area contributed by atoms with Crippen LogP contribution in [0.5, 0.6) is 21.8 Å². The van der Waals surface area contributed by atoms with Gasteiger partial charge in [0, 0.05) is 6.54 Å². The summed E-state index contributed by atoms with van der Waals surface area (Å²) < 4.78 is 17.2. The first-order chi connectivity index (χ1) is 14.2. The van der Waals surface area contributed by atoms with Gasteiger partial charge in [0.05, 0.1) is 6.20 Å². The lowest BCUT2D eigenvalue weighted by molar-refractivity contribution is 0.176. The molecule has 2 heterocycles. The van der Waals surface area contributed by atoms with E-state index in [9.17, 15) is 4.79 Å². The molecule has 150 valence electrons. The molecule has 3 aromatic rings. The third-order valence-electron chi connectivity index (χ3n) is 4.53. The largest absolute Gasteiger partial charge is 0.485 e. The normalized spacial score (nSPS) is 15.1. The number of carbonyl (C=O) groups is 1. The summed E-state index contributed by atoms with van der Waals surface area (Å²) in [6, 6.07) is 16.0. The van der Waals surface area contributed by atoms with Crippen LogP contribution in [-0.2, 0) is 6.42 Å². The molecule has 1 atom stereocenters. The quantitative estimate of drug-likeness (QED) is 0.581. The molecule has 0 saturated heterocycles. The first-order valence-electron chi connectivity index (χ1n) is 9.65. The molecule has 1 amide bonds. The number of fused-ring (bicyclic) bond motifs is 1. The van der Waals surface area contributed by atoms with E-state index in [0.29, 0.717) is 22.6 Å². The summed E-state index contributed by atoms with van der Waals surface area (Å²) in [6.07, 6.45) is 3.75. The lowest BCUT2D eigenvalue weighted by Gasteiger charge is -2.26. The van der Waals surface area contributed by atoms with E-state index in [1.54, 1.807) is 0 Å². The van der Waals surface area contributed by atoms with E-state index in [4.69, 9.17) is 14.2 Å². The fourth-order valence-corrected chi connectivity index (χ4v) is 3.76. The van der Waals surface area contributed by atoms with Crippen LogP contribution < -0.4 is 19.5 Å². The first-order valence-corrected chi connectivity index (χ1v) is 10.5. The van der Waals surface area contributed by atoms with Crippen LogP contribution >= 0.6 is 11.3 Å². The van der Waals surface area contributed by atoms with Crippen LogP contribution in [0.2, 0.25) is 0 Å². The number of carbonyl (C=O) groups excluding carboxylic acids is 1. The van der Waals surface area contributed by atoms with Crippen molar-refractivity contribution in [2.24, 2.45) is 0 Å². The summed E-state index contributed by atoms with van der Waals surface area (Å²) in [6.45, 7) is 2.55. The van der Waals surface area contributed by atoms with E-state index in [0.717, 1.165) is 30.6 Å². The summed E-state index contributed by atoms with van der Waals surface area (Å²) in [5, 5.41) is 3.46. The number of nitrogens with one attached hydrogen (secondary N) is 1. The van der Waals surface area contributed by atoms with E-state index >= 15 is 0 Å². The fraction of sp³-hybridized carbons (Fsp3) is 0.273. The zero-order chi connectivity index (χ0) is 20.1. The van der Waals surface area contributed by atoms with E-state index in [2.05, 4.69) is 22.4 Å². The zero-order valence-corrected chi connectivity index (χ0v) is 16.9. The minimum atomic E-state index is -0.485. The number of nitrogens with zero attached hydrogens (tertiary/aromatic N) is 1. The van der Waals surface area contributed by atoms with Crippen molar-refractivity contribution in [1.82, 2.24) is 10.3 Å². The molecule has 4 rings (SSSR count). The van der Waals surface area contributed by atoms with Gasteiger partial charge in [-0.05, 0) is 59.9 Å². The molecular formula is C22H22N2O4S. The highest BCUT2D eigenvalue weighted by Gasteiger charge is 2.22. The minimum Gasteiger partial charge on any atom is -0.485 e. The molecule has 1 aliphatic rings. The maximum atomic E-state index is 11.6. The van der Waals surface area contributed by atoms with Crippen LogP contribution in [0, 0.1) is 0 Å². The van der Waals surface area contributed by atoms with Crippen molar-refractivity contribution in [1.29, 1.82) is 0 Å². The summed E-state index contributed by atoms with van der Waals surface area (Å²) in [4.78, 5) is 15.8. The number of hydrogen-bond acceptors (Lipinski definition) is 6. The van der Waals surface area contributed by atoms with Crippen molar-refractivity contribution in [2.45, 2.75) is 32.3 Å². The van der Waals surface area contributed by atoms with Crippen molar-refractivity contribution < 1.29 is 19.0 Å². The second-order valence-corrected chi connectivity index (χ2v) is 7.64. The number of ether oxygens (including phenoxy) is 3. The second-order valence-electron chi connectivity index (χ2n) is 6.69. The Balaban J connectivity index is 1.38. The molecular weight excluding hydrogens is 388 g/mol. The van der Waals surface area contributed by atoms with E-state index in [-0.39, 0.29) is 6.10 Å². The number of aryl methyl sites for hydroxylation is 1. The van der Waals surface area contributed by atoms with Gasteiger partial charge in [-0.1, -0.05) is 37.3 Å². The standard InChI is InChI=1S/C22H22N2O4S/c1-2-12-23-21(25)28-20-14-24-22(29-20)26-17-9-11-19-16(13-17)8-10-18(27-19)15-6-4-3-5-7-15/h3-7,9,11,13-14,18H,2,8,10,12H2,1H3,(H,23,25). The van der Waals surface area contributed by atoms with Crippen molar-refractivity contribution >= 4 is 17.4 Å². The molecule has 0 aliphatic carbocycles. The zero-order valence-electron chi connectivity index (χ0n) is 16.1. The molecule has 7 heteroatoms. The Labute approximate surface area is 173 Å². The molecule has 0 fully saturated rings. The van der Waals surface area contributed by atoms with Gasteiger partial charge < -0.3 is 19.5 Å². The van der Waals surface area contributed by atoms with Gasteiger partial charge in [0.25, 0.3) is 5.19 Å². The number of thiazole rings is 1. The van der Waals surface area contributed by atoms with Crippen molar-refractivity contribution in [2.75, 3.05) is 6.54 Å². The van der Waals surface area contributed by atoms with Gasteiger partial charge in [-0.25, -0.2) is 9.78 Å². The Morgan fingerprint density at radius 1 is 1.28 bits per heavy atom. The second kappa shape index (κ2) is 8.96. The molecule has 29 heavy (non-hydrogen) atoms. The molecule has 0 spiro atoms. The third kappa shape index (κ3) is 4.86. The molecule has 1 aromatic heterocycles. The van der Waals surface area contributed by atoms with Crippen molar-refractivity contribution in [3.05, 3.63) is 65.9 Å². The van der Waals surface area contributed by atoms with Crippen LogP contribution in [0.1, 0.15) is 37.0 Å². The SMILES string of the molecule is CCCNC(=O)Oc1cnc(Oc2ccc3c(c2)CCC(c2ccccc2)O3)s1. The van der Waals surface area contributed by atoms with E-state index in [1.807, 2.05) is 43.3 Å². The van der Waals surface area contributed by atoms with E-state index in [1.165, 1.54) is 23.1 Å². The molecule has 1 N–H and O–H groups in total. The molecule has 1 aliphatic heterocycles. The van der Waals surface area contributed by atoms with Crippen LogP contribution in [0.15, 0.2) is 54.7 Å². The fourth-order valence-electron chi connectivity index (χ4n) is 3.12. The summed E-state index contributed by atoms with van der Waals surface area (Å²) in [5.74, 6) is 1.56. The van der Waals surface area contributed by atoms with Gasteiger partial charge in [0.2, 0.25) is 5.06 Å². The van der Waals surface area contributed by atoms with Gasteiger partial charge in [0.15, 0.2) is 0 Å². The van der Waals surface area contributed by atoms with Crippen LogP contribution in [0.3, 0.4) is 0 Å². The Morgan fingerprint density at radius 2 is 2.14 bits per heavy atom. The minimum absolute atomic E-state index is 0.0768. The Kier molecular flexibility index (Phi) is 5.95. The number of rotatable bonds is 6. The maximum absolute atomic E-state index is 11.6. The number of hydrogen-bond donors (Lipinski definition) is 1. The molecule has 6 nitrogen and oxygen atoms in total. The van der Waals surface area contributed by atoms with Crippen molar-refractivity contribution in [3.8, 4) is 21.8 Å². The molecule has 0 bridgehead atoms. The Bertz CT molecular complexity index is 974.